The topological polar surface area (TPSA) is 139 Å². The van der Waals surface area contributed by atoms with Crippen molar-refractivity contribution in [3.05, 3.63) is 115 Å². The molecule has 0 N–H and O–H groups in total. The number of ether oxygens (including phenoxy) is 4. The maximum Gasteiger partial charge on any atom is 0.346 e. The Morgan fingerprint density at radius 1 is 0.457 bits per heavy atom. The molecule has 0 saturated heterocycles. The molecule has 2 aliphatic heterocycles. The van der Waals surface area contributed by atoms with E-state index in [0.29, 0.717) is 22.6 Å². The lowest BCUT2D eigenvalue weighted by Crippen LogP contribution is -2.13. The highest BCUT2D eigenvalue weighted by molar-refractivity contribution is 6.16. The normalized spacial score (nSPS) is 13.3. The second-order valence-electron chi connectivity index (χ2n) is 11.3. The van der Waals surface area contributed by atoms with E-state index in [4.69, 9.17) is 9.47 Å². The summed E-state index contributed by atoms with van der Waals surface area (Å²) in [5.74, 6) is -3.74. The molecule has 10 nitrogen and oxygen atoms in total. The van der Waals surface area contributed by atoms with E-state index < -0.39 is 35.8 Å². The van der Waals surface area contributed by atoms with Crippen molar-refractivity contribution in [2.75, 3.05) is 0 Å². The number of carbonyl (C=O) groups excluding carboxylic acids is 6. The molecule has 6 rings (SSSR count). The van der Waals surface area contributed by atoms with E-state index in [1.165, 1.54) is 36.4 Å². The predicted octanol–water partition coefficient (Wildman–Crippen LogP) is 6.26. The molecule has 0 bridgehead atoms. The van der Waals surface area contributed by atoms with Crippen molar-refractivity contribution in [3.63, 3.8) is 0 Å². The molecule has 2 aliphatic rings. The number of rotatable bonds is 5. The number of esters is 6. The molecule has 0 fully saturated rings. The zero-order valence-electron chi connectivity index (χ0n) is 25.7. The van der Waals surface area contributed by atoms with Crippen LogP contribution < -0.4 is 9.47 Å². The smallest absolute Gasteiger partial charge is 0.346 e. The monoisotopic (exact) mass is 618 g/mol. The zero-order chi connectivity index (χ0) is 33.2. The summed E-state index contributed by atoms with van der Waals surface area (Å²) < 4.78 is 20.8. The molecule has 0 amide bonds. The van der Waals surface area contributed by atoms with Crippen LogP contribution in [0.4, 0.5) is 0 Å². The minimum absolute atomic E-state index is 0.0169. The second-order valence-corrected chi connectivity index (χ2v) is 11.3. The third-order valence-electron chi connectivity index (χ3n) is 8.49. The summed E-state index contributed by atoms with van der Waals surface area (Å²) >= 11 is 0. The highest BCUT2D eigenvalue weighted by Crippen LogP contribution is 2.40. The Hall–Kier alpha value is -5.90. The van der Waals surface area contributed by atoms with Gasteiger partial charge in [-0.1, -0.05) is 0 Å². The Morgan fingerprint density at radius 2 is 0.804 bits per heavy atom. The van der Waals surface area contributed by atoms with Gasteiger partial charge in [0.15, 0.2) is 0 Å². The number of fused-ring (bicyclic) bond motifs is 2. The summed E-state index contributed by atoms with van der Waals surface area (Å²) in [7, 11) is 0. The fraction of sp³-hybridized carbons (Fsp3) is 0.167. The van der Waals surface area contributed by atoms with Crippen LogP contribution in [0.2, 0.25) is 0 Å². The van der Waals surface area contributed by atoms with Gasteiger partial charge in [0.1, 0.15) is 11.5 Å². The third-order valence-corrected chi connectivity index (χ3v) is 8.49. The molecule has 0 aliphatic carbocycles. The summed E-state index contributed by atoms with van der Waals surface area (Å²) in [5, 5.41) is 0. The van der Waals surface area contributed by atoms with Crippen molar-refractivity contribution in [2.24, 2.45) is 0 Å². The number of hydrogen-bond donors (Lipinski definition) is 0. The molecule has 4 aromatic rings. The summed E-state index contributed by atoms with van der Waals surface area (Å²) in [6.45, 7) is 11.2. The van der Waals surface area contributed by atoms with Crippen LogP contribution in [0.15, 0.2) is 48.5 Å². The first-order valence-corrected chi connectivity index (χ1v) is 14.2. The van der Waals surface area contributed by atoms with Gasteiger partial charge in [-0.15, -0.1) is 0 Å². The summed E-state index contributed by atoms with van der Waals surface area (Å²) in [4.78, 5) is 73.6. The first kappa shape index (κ1) is 30.1. The quantitative estimate of drug-likeness (QED) is 0.143. The van der Waals surface area contributed by atoms with Crippen LogP contribution in [0.1, 0.15) is 95.5 Å². The molecular weight excluding hydrogens is 592 g/mol. The van der Waals surface area contributed by atoms with E-state index in [2.05, 4.69) is 9.47 Å². The number of hydrogen-bond acceptors (Lipinski definition) is 10. The Kier molecular flexibility index (Phi) is 7.15. The molecule has 0 saturated carbocycles. The molecule has 0 unspecified atom stereocenters. The standard InChI is InChI=1S/C36H26O10/c1-15-11-25(17(3)19(5)29(15)43-31(37)21-7-9-23-27(13-21)35(41)45-33(23)39)26-12-16(2)30(20(6)18(26)4)44-32(38)22-8-10-24-28(14-22)36(42)46-34(24)40/h7-14H,1-6H3. The van der Waals surface area contributed by atoms with E-state index in [1.54, 1.807) is 0 Å². The van der Waals surface area contributed by atoms with Crippen molar-refractivity contribution in [2.45, 2.75) is 41.5 Å². The van der Waals surface area contributed by atoms with Crippen molar-refractivity contribution >= 4 is 35.8 Å². The van der Waals surface area contributed by atoms with Gasteiger partial charge < -0.3 is 18.9 Å². The lowest BCUT2D eigenvalue weighted by molar-refractivity contribution is 0.0425. The molecule has 4 aromatic carbocycles. The second kappa shape index (κ2) is 10.9. The number of cyclic esters (lactones) is 4. The van der Waals surface area contributed by atoms with E-state index in [1.807, 2.05) is 53.7 Å². The van der Waals surface area contributed by atoms with Crippen LogP contribution >= 0.6 is 0 Å². The Labute approximate surface area is 262 Å². The average Bonchev–Trinajstić information content (AvgIpc) is 3.48. The van der Waals surface area contributed by atoms with Crippen LogP contribution in [-0.4, -0.2) is 35.8 Å². The predicted molar refractivity (Wildman–Crippen MR) is 163 cm³/mol. The molecule has 0 radical (unpaired) electrons. The minimum atomic E-state index is -0.809. The molecular formula is C36H26O10. The summed E-state index contributed by atoms with van der Waals surface area (Å²) in [5.41, 5.74) is 6.83. The maximum absolute atomic E-state index is 13.1. The van der Waals surface area contributed by atoms with Gasteiger partial charge >= 0.3 is 35.8 Å². The van der Waals surface area contributed by atoms with Gasteiger partial charge in [0.05, 0.1) is 33.4 Å². The third kappa shape index (κ3) is 4.84. The Balaban J connectivity index is 1.28. The average molecular weight is 619 g/mol. The van der Waals surface area contributed by atoms with Crippen LogP contribution in [0.3, 0.4) is 0 Å². The summed E-state index contributed by atoms with van der Waals surface area (Å²) in [6, 6.07) is 12.0. The van der Waals surface area contributed by atoms with Crippen LogP contribution in [0, 0.1) is 41.5 Å². The zero-order valence-corrected chi connectivity index (χ0v) is 25.7. The first-order chi connectivity index (χ1) is 21.8. The van der Waals surface area contributed by atoms with Crippen LogP contribution in [-0.2, 0) is 9.47 Å². The Morgan fingerprint density at radius 3 is 1.17 bits per heavy atom. The van der Waals surface area contributed by atoms with E-state index in [9.17, 15) is 28.8 Å². The highest BCUT2D eigenvalue weighted by Gasteiger charge is 2.32. The van der Waals surface area contributed by atoms with E-state index in [0.717, 1.165) is 33.4 Å². The molecule has 10 heteroatoms. The van der Waals surface area contributed by atoms with Crippen molar-refractivity contribution < 1.29 is 47.7 Å². The molecule has 46 heavy (non-hydrogen) atoms. The number of benzene rings is 4. The van der Waals surface area contributed by atoms with Gasteiger partial charge in [0.25, 0.3) is 0 Å². The van der Waals surface area contributed by atoms with E-state index >= 15 is 0 Å². The Bertz CT molecular complexity index is 1970. The van der Waals surface area contributed by atoms with Crippen molar-refractivity contribution in [1.82, 2.24) is 0 Å². The molecule has 0 aromatic heterocycles. The summed E-state index contributed by atoms with van der Waals surface area (Å²) in [6.07, 6.45) is 0. The maximum atomic E-state index is 13.1. The lowest BCUT2D eigenvalue weighted by Gasteiger charge is -2.21. The number of carbonyl (C=O) groups is 6. The highest BCUT2D eigenvalue weighted by atomic mass is 16.6. The minimum Gasteiger partial charge on any atom is -0.422 e. The van der Waals surface area contributed by atoms with Gasteiger partial charge in [-0.3, -0.25) is 0 Å². The lowest BCUT2D eigenvalue weighted by atomic mass is 9.88. The van der Waals surface area contributed by atoms with Crippen LogP contribution in [0.5, 0.6) is 11.5 Å². The molecule has 0 spiro atoms. The van der Waals surface area contributed by atoms with Gasteiger partial charge in [-0.05, 0) is 135 Å². The molecule has 2 heterocycles. The van der Waals surface area contributed by atoms with Crippen molar-refractivity contribution in [3.8, 4) is 22.6 Å². The van der Waals surface area contributed by atoms with E-state index in [-0.39, 0.29) is 33.4 Å². The number of aryl methyl sites for hydroxylation is 2. The van der Waals surface area contributed by atoms with Crippen molar-refractivity contribution in [1.29, 1.82) is 0 Å². The SMILES string of the molecule is Cc1cc(-c2cc(C)c(OC(=O)c3ccc4c(c3)C(=O)OC4=O)c(C)c2C)c(C)c(C)c1OC(=O)c1ccc2c(c1)C(=O)OC2=O. The fourth-order valence-corrected chi connectivity index (χ4v) is 5.72. The molecule has 0 atom stereocenters. The fourth-order valence-electron chi connectivity index (χ4n) is 5.72. The largest absolute Gasteiger partial charge is 0.422 e. The van der Waals surface area contributed by atoms with Gasteiger partial charge in [-0.2, -0.15) is 0 Å². The molecule has 230 valence electrons. The van der Waals surface area contributed by atoms with Gasteiger partial charge in [-0.25, -0.2) is 28.8 Å². The van der Waals surface area contributed by atoms with Gasteiger partial charge in [0.2, 0.25) is 0 Å². The van der Waals surface area contributed by atoms with Crippen LogP contribution in [0.25, 0.3) is 11.1 Å². The van der Waals surface area contributed by atoms with Gasteiger partial charge in [0, 0.05) is 0 Å². The first-order valence-electron chi connectivity index (χ1n) is 14.2.